The molecule has 4 aromatic heterocycles. The Balaban J connectivity index is 1.59. The van der Waals surface area contributed by atoms with Gasteiger partial charge in [-0.3, -0.25) is 9.36 Å². The molecule has 0 amide bonds. The fourth-order valence-electron chi connectivity index (χ4n) is 3.71. The molecule has 6 nitrogen and oxygen atoms in total. The number of hydrogen-bond acceptors (Lipinski definition) is 8. The number of carbonyl (C=O) groups excluding carboxylic acids is 1. The highest BCUT2D eigenvalue weighted by Crippen LogP contribution is 2.34. The van der Waals surface area contributed by atoms with E-state index < -0.39 is 5.97 Å². The van der Waals surface area contributed by atoms with Crippen molar-refractivity contribution in [2.45, 2.75) is 31.3 Å². The van der Waals surface area contributed by atoms with Gasteiger partial charge in [-0.05, 0) is 66.1 Å². The van der Waals surface area contributed by atoms with Crippen LogP contribution >= 0.6 is 46.0 Å². The van der Waals surface area contributed by atoms with Crippen molar-refractivity contribution in [3.63, 3.8) is 0 Å². The molecule has 0 N–H and O–H groups in total. The van der Waals surface area contributed by atoms with Gasteiger partial charge in [0.25, 0.3) is 5.56 Å². The van der Waals surface area contributed by atoms with Crippen LogP contribution in [-0.4, -0.2) is 22.1 Å². The molecular weight excluding hydrogens is 512 g/mol. The first-order valence-corrected chi connectivity index (χ1v) is 13.5. The van der Waals surface area contributed by atoms with Crippen molar-refractivity contribution < 1.29 is 13.9 Å². The lowest BCUT2D eigenvalue weighted by Gasteiger charge is -2.11. The highest BCUT2D eigenvalue weighted by atomic mass is 35.5. The number of furan rings is 1. The summed E-state index contributed by atoms with van der Waals surface area (Å²) in [6.07, 6.45) is 1.58. The van der Waals surface area contributed by atoms with Gasteiger partial charge in [-0.1, -0.05) is 23.4 Å². The molecule has 174 valence electrons. The molecule has 1 aromatic carbocycles. The topological polar surface area (TPSA) is 74.3 Å². The van der Waals surface area contributed by atoms with Gasteiger partial charge in [-0.15, -0.1) is 22.7 Å². The Morgan fingerprint density at radius 2 is 2.18 bits per heavy atom. The third-order valence-electron chi connectivity index (χ3n) is 5.34. The van der Waals surface area contributed by atoms with Crippen LogP contribution in [0.2, 0.25) is 5.02 Å². The van der Waals surface area contributed by atoms with Gasteiger partial charge in [-0.2, -0.15) is 0 Å². The molecule has 34 heavy (non-hydrogen) atoms. The summed E-state index contributed by atoms with van der Waals surface area (Å²) in [5.41, 5.74) is 1.52. The minimum absolute atomic E-state index is 0.202. The Morgan fingerprint density at radius 1 is 1.32 bits per heavy atom. The molecule has 4 heterocycles. The summed E-state index contributed by atoms with van der Waals surface area (Å²) < 4.78 is 13.5. The van der Waals surface area contributed by atoms with E-state index in [2.05, 4.69) is 5.38 Å². The van der Waals surface area contributed by atoms with Crippen molar-refractivity contribution in [3.05, 3.63) is 79.1 Å². The van der Waals surface area contributed by atoms with Gasteiger partial charge in [0.15, 0.2) is 5.16 Å². The lowest BCUT2D eigenvalue weighted by Crippen LogP contribution is -2.23. The van der Waals surface area contributed by atoms with Crippen molar-refractivity contribution in [1.29, 1.82) is 0 Å². The van der Waals surface area contributed by atoms with Crippen LogP contribution in [0.4, 0.5) is 0 Å². The number of thiophene rings is 2. The molecule has 0 aliphatic rings. The second kappa shape index (κ2) is 9.58. The largest absolute Gasteiger partial charge is 0.467 e. The highest BCUT2D eigenvalue weighted by molar-refractivity contribution is 7.98. The number of rotatable bonds is 7. The molecule has 0 bridgehead atoms. The monoisotopic (exact) mass is 530 g/mol. The lowest BCUT2D eigenvalue weighted by molar-refractivity contribution is 0.0531. The average Bonchev–Trinajstić information content (AvgIpc) is 3.54. The minimum Gasteiger partial charge on any atom is -0.467 e. The SMILES string of the molecule is CCOC(=O)c1sc2nc(SCc3csc4ccc(Cl)cc34)n(Cc3ccco3)c(=O)c2c1C. The first-order valence-electron chi connectivity index (χ1n) is 10.5. The second-order valence-corrected chi connectivity index (χ2v) is 10.8. The predicted molar refractivity (Wildman–Crippen MR) is 139 cm³/mol. The van der Waals surface area contributed by atoms with Crippen LogP contribution in [0.25, 0.3) is 20.3 Å². The molecular formula is C24H19ClN2O4S3. The Labute approximate surface area is 212 Å². The van der Waals surface area contributed by atoms with E-state index >= 15 is 0 Å². The number of hydrogen-bond donors (Lipinski definition) is 0. The quantitative estimate of drug-likeness (QED) is 0.132. The van der Waals surface area contributed by atoms with E-state index in [4.69, 9.17) is 25.7 Å². The summed E-state index contributed by atoms with van der Waals surface area (Å²) in [6, 6.07) is 9.47. The Bertz CT molecular complexity index is 1570. The predicted octanol–water partition coefficient (Wildman–Crippen LogP) is 6.74. The smallest absolute Gasteiger partial charge is 0.348 e. The molecule has 0 aliphatic carbocycles. The maximum absolute atomic E-state index is 13.6. The fraction of sp³-hybridized carbons (Fsp3) is 0.208. The zero-order valence-corrected chi connectivity index (χ0v) is 21.5. The van der Waals surface area contributed by atoms with Gasteiger partial charge in [0.2, 0.25) is 0 Å². The maximum atomic E-state index is 13.6. The number of ether oxygens (including phenoxy) is 1. The van der Waals surface area contributed by atoms with Crippen LogP contribution in [0, 0.1) is 6.92 Å². The van der Waals surface area contributed by atoms with E-state index in [9.17, 15) is 9.59 Å². The van der Waals surface area contributed by atoms with Gasteiger partial charge in [-0.25, -0.2) is 9.78 Å². The van der Waals surface area contributed by atoms with Crippen LogP contribution in [0.1, 0.15) is 33.5 Å². The van der Waals surface area contributed by atoms with E-state index in [-0.39, 0.29) is 18.7 Å². The number of halogens is 1. The summed E-state index contributed by atoms with van der Waals surface area (Å²) in [6.45, 7) is 4.03. The van der Waals surface area contributed by atoms with Crippen LogP contribution in [0.15, 0.2) is 56.3 Å². The number of nitrogens with zero attached hydrogens (tertiary/aromatic N) is 2. The van der Waals surface area contributed by atoms with Gasteiger partial charge >= 0.3 is 5.97 Å². The van der Waals surface area contributed by atoms with Crippen molar-refractivity contribution in [1.82, 2.24) is 9.55 Å². The van der Waals surface area contributed by atoms with Gasteiger partial charge < -0.3 is 9.15 Å². The normalized spacial score (nSPS) is 11.5. The molecule has 5 rings (SSSR count). The van der Waals surface area contributed by atoms with Crippen molar-refractivity contribution in [2.24, 2.45) is 0 Å². The summed E-state index contributed by atoms with van der Waals surface area (Å²) in [5, 5.41) is 4.90. The van der Waals surface area contributed by atoms with Crippen LogP contribution < -0.4 is 5.56 Å². The summed E-state index contributed by atoms with van der Waals surface area (Å²) in [7, 11) is 0. The molecule has 5 aromatic rings. The standard InChI is InChI=1S/C24H19ClN2O4S3/c1-3-30-23(29)20-13(2)19-21(34-20)26-24(27(22(19)28)10-16-5-4-8-31-16)33-12-14-11-32-18-7-6-15(25)9-17(14)18/h4-9,11H,3,10,12H2,1-2H3. The zero-order chi connectivity index (χ0) is 23.8. The summed E-state index contributed by atoms with van der Waals surface area (Å²) in [4.78, 5) is 31.8. The van der Waals surface area contributed by atoms with Gasteiger partial charge in [0.1, 0.15) is 15.5 Å². The Hall–Kier alpha value is -2.59. The van der Waals surface area contributed by atoms with Gasteiger partial charge in [0.05, 0.1) is 24.8 Å². The van der Waals surface area contributed by atoms with Crippen molar-refractivity contribution in [3.8, 4) is 0 Å². The number of thioether (sulfide) groups is 1. The molecule has 0 saturated carbocycles. The number of aryl methyl sites for hydroxylation is 1. The van der Waals surface area contributed by atoms with Crippen molar-refractivity contribution >= 4 is 72.3 Å². The Morgan fingerprint density at radius 3 is 2.94 bits per heavy atom. The van der Waals surface area contributed by atoms with E-state index in [0.717, 1.165) is 15.6 Å². The van der Waals surface area contributed by atoms with E-state index in [0.29, 0.717) is 42.3 Å². The molecule has 0 atom stereocenters. The van der Waals surface area contributed by atoms with Crippen LogP contribution in [0.3, 0.4) is 0 Å². The highest BCUT2D eigenvalue weighted by Gasteiger charge is 2.23. The maximum Gasteiger partial charge on any atom is 0.348 e. The third-order valence-corrected chi connectivity index (χ3v) is 8.78. The van der Waals surface area contributed by atoms with Crippen molar-refractivity contribution in [2.75, 3.05) is 6.61 Å². The first kappa shape index (κ1) is 23.2. The third kappa shape index (κ3) is 4.29. The molecule has 10 heteroatoms. The number of fused-ring (bicyclic) bond motifs is 2. The van der Waals surface area contributed by atoms with E-state index in [1.54, 1.807) is 42.1 Å². The zero-order valence-electron chi connectivity index (χ0n) is 18.3. The number of aromatic nitrogens is 2. The molecule has 0 fully saturated rings. The summed E-state index contributed by atoms with van der Waals surface area (Å²) >= 11 is 10.5. The van der Waals surface area contributed by atoms with E-state index in [1.807, 2.05) is 24.3 Å². The number of carbonyl (C=O) groups is 1. The molecule has 0 saturated heterocycles. The molecule has 0 radical (unpaired) electrons. The van der Waals surface area contributed by atoms with E-state index in [1.165, 1.54) is 23.1 Å². The number of benzene rings is 1. The van der Waals surface area contributed by atoms with Gasteiger partial charge in [0, 0.05) is 15.5 Å². The fourth-order valence-corrected chi connectivity index (χ4v) is 7.03. The molecule has 0 spiro atoms. The van der Waals surface area contributed by atoms with Crippen LogP contribution in [-0.2, 0) is 17.0 Å². The lowest BCUT2D eigenvalue weighted by atomic mass is 10.2. The first-order chi connectivity index (χ1) is 16.5. The Kier molecular flexibility index (Phi) is 6.52. The summed E-state index contributed by atoms with van der Waals surface area (Å²) in [5.74, 6) is 0.832. The molecule has 0 aliphatic heterocycles. The second-order valence-electron chi connectivity index (χ2n) is 7.51. The molecule has 0 unspecified atom stereocenters. The average molecular weight is 531 g/mol. The minimum atomic E-state index is -0.434. The van der Waals surface area contributed by atoms with Crippen LogP contribution in [0.5, 0.6) is 0 Å². The number of esters is 1.